The third-order valence-corrected chi connectivity index (χ3v) is 3.62. The topological polar surface area (TPSA) is 36.7 Å². The highest BCUT2D eigenvalue weighted by molar-refractivity contribution is 7.08. The quantitative estimate of drug-likeness (QED) is 0.643. The van der Waals surface area contributed by atoms with Gasteiger partial charge in [0.15, 0.2) is 0 Å². The molecule has 2 nitrogen and oxygen atoms in total. The van der Waals surface area contributed by atoms with Crippen LogP contribution in [0.1, 0.15) is 11.1 Å². The lowest BCUT2D eigenvalue weighted by atomic mass is 10.0. The summed E-state index contributed by atoms with van der Waals surface area (Å²) in [6, 6.07) is 14.1. The van der Waals surface area contributed by atoms with Gasteiger partial charge in [0, 0.05) is 17.1 Å². The van der Waals surface area contributed by atoms with Crippen molar-refractivity contribution in [3.63, 3.8) is 0 Å². The number of benzene rings is 1. The summed E-state index contributed by atoms with van der Waals surface area (Å²) >= 11 is 1.59. The molecule has 0 fully saturated rings. The molecule has 3 aromatic rings. The van der Waals surface area contributed by atoms with E-state index < -0.39 is 0 Å². The summed E-state index contributed by atoms with van der Waals surface area (Å²) in [5.41, 5.74) is 3.61. The first kappa shape index (κ1) is 11.6. The van der Waals surface area contributed by atoms with Crippen molar-refractivity contribution in [3.05, 3.63) is 64.5 Å². The summed E-state index contributed by atoms with van der Waals surface area (Å²) in [6.45, 7) is 0. The average Bonchev–Trinajstić information content (AvgIpc) is 2.99. The molecule has 90 valence electrons. The highest BCUT2D eigenvalue weighted by Gasteiger charge is 2.04. The van der Waals surface area contributed by atoms with Gasteiger partial charge in [-0.25, -0.2) is 0 Å². The fraction of sp³-hybridized carbons (Fsp3) is 0. The van der Waals surface area contributed by atoms with Gasteiger partial charge >= 0.3 is 0 Å². The highest BCUT2D eigenvalue weighted by atomic mass is 32.1. The van der Waals surface area contributed by atoms with E-state index in [0.29, 0.717) is 5.57 Å². The number of allylic oxidation sites excluding steroid dienone is 1. The van der Waals surface area contributed by atoms with Crippen LogP contribution in [0.15, 0.2) is 53.4 Å². The Hall–Kier alpha value is -2.44. The van der Waals surface area contributed by atoms with Crippen LogP contribution < -0.4 is 0 Å². The minimum Gasteiger partial charge on any atom is -0.256 e. The van der Waals surface area contributed by atoms with Crippen molar-refractivity contribution >= 4 is 33.9 Å². The third-order valence-electron chi connectivity index (χ3n) is 2.94. The number of thiophene rings is 1. The smallest absolute Gasteiger partial charge is 0.0998 e. The predicted octanol–water partition coefficient (Wildman–Crippen LogP) is 4.36. The Bertz CT molecular complexity index is 775. The molecule has 3 rings (SSSR count). The number of para-hydroxylation sites is 1. The molecular weight excluding hydrogens is 252 g/mol. The summed E-state index contributed by atoms with van der Waals surface area (Å²) in [7, 11) is 0. The van der Waals surface area contributed by atoms with E-state index in [0.717, 1.165) is 22.0 Å². The fourth-order valence-corrected chi connectivity index (χ4v) is 2.65. The number of rotatable bonds is 2. The maximum Gasteiger partial charge on any atom is 0.0998 e. The van der Waals surface area contributed by atoms with Gasteiger partial charge in [0.2, 0.25) is 0 Å². The van der Waals surface area contributed by atoms with E-state index >= 15 is 0 Å². The van der Waals surface area contributed by atoms with Crippen LogP contribution in [0.3, 0.4) is 0 Å². The second kappa shape index (κ2) is 5.05. The van der Waals surface area contributed by atoms with E-state index in [1.165, 1.54) is 0 Å². The number of pyridine rings is 1. The van der Waals surface area contributed by atoms with Crippen LogP contribution in [0.25, 0.3) is 22.6 Å². The summed E-state index contributed by atoms with van der Waals surface area (Å²) in [4.78, 5) is 4.33. The number of aromatic nitrogens is 1. The summed E-state index contributed by atoms with van der Waals surface area (Å²) in [6.07, 6.45) is 3.70. The van der Waals surface area contributed by atoms with E-state index in [9.17, 15) is 5.26 Å². The minimum absolute atomic E-state index is 0.678. The van der Waals surface area contributed by atoms with Gasteiger partial charge in [-0.05, 0) is 40.6 Å². The fourth-order valence-electron chi connectivity index (χ4n) is 2.00. The van der Waals surface area contributed by atoms with Crippen molar-refractivity contribution in [1.82, 2.24) is 4.98 Å². The van der Waals surface area contributed by atoms with Crippen molar-refractivity contribution in [1.29, 1.82) is 5.26 Å². The van der Waals surface area contributed by atoms with Crippen LogP contribution in [0.5, 0.6) is 0 Å². The van der Waals surface area contributed by atoms with Crippen LogP contribution in [0.2, 0.25) is 0 Å². The first-order valence-electron chi connectivity index (χ1n) is 5.86. The molecule has 1 aromatic carbocycles. The van der Waals surface area contributed by atoms with Crippen molar-refractivity contribution in [2.24, 2.45) is 0 Å². The largest absolute Gasteiger partial charge is 0.256 e. The van der Waals surface area contributed by atoms with Crippen LogP contribution in [0.4, 0.5) is 0 Å². The van der Waals surface area contributed by atoms with Crippen LogP contribution >= 0.6 is 11.3 Å². The highest BCUT2D eigenvalue weighted by Crippen LogP contribution is 2.23. The van der Waals surface area contributed by atoms with Gasteiger partial charge in [-0.2, -0.15) is 16.6 Å². The zero-order valence-electron chi connectivity index (χ0n) is 10.1. The summed E-state index contributed by atoms with van der Waals surface area (Å²) < 4.78 is 0. The van der Waals surface area contributed by atoms with Crippen molar-refractivity contribution in [2.45, 2.75) is 0 Å². The molecule has 3 heteroatoms. The predicted molar refractivity (Wildman–Crippen MR) is 79.5 cm³/mol. The molecule has 0 radical (unpaired) electrons. The molecule has 0 N–H and O–H groups in total. The molecule has 0 unspecified atom stereocenters. The Morgan fingerprint density at radius 3 is 2.89 bits per heavy atom. The van der Waals surface area contributed by atoms with Gasteiger partial charge in [-0.15, -0.1) is 0 Å². The Balaban J connectivity index is 2.18. The Labute approximate surface area is 115 Å². The second-order valence-corrected chi connectivity index (χ2v) is 4.88. The van der Waals surface area contributed by atoms with Gasteiger partial charge in [-0.3, -0.25) is 4.98 Å². The van der Waals surface area contributed by atoms with Crippen molar-refractivity contribution < 1.29 is 0 Å². The van der Waals surface area contributed by atoms with E-state index in [1.807, 2.05) is 53.2 Å². The third kappa shape index (κ3) is 2.26. The van der Waals surface area contributed by atoms with Gasteiger partial charge in [-0.1, -0.05) is 18.2 Å². The number of nitrogens with zero attached hydrogens (tertiary/aromatic N) is 2. The first-order chi connectivity index (χ1) is 9.38. The molecule has 2 heterocycles. The van der Waals surface area contributed by atoms with Crippen LogP contribution in [0, 0.1) is 11.3 Å². The Morgan fingerprint density at radius 2 is 2.11 bits per heavy atom. The minimum atomic E-state index is 0.678. The molecule has 2 aromatic heterocycles. The van der Waals surface area contributed by atoms with E-state index in [1.54, 1.807) is 17.5 Å². The molecule has 19 heavy (non-hydrogen) atoms. The molecular formula is C16H10N2S. The monoisotopic (exact) mass is 262 g/mol. The SMILES string of the molecule is N#CC(=Cc1ccnc2ccccc12)c1ccsc1. The average molecular weight is 262 g/mol. The second-order valence-electron chi connectivity index (χ2n) is 4.10. The molecule has 0 spiro atoms. The molecule has 0 aliphatic carbocycles. The van der Waals surface area contributed by atoms with Crippen LogP contribution in [-0.4, -0.2) is 4.98 Å². The zero-order valence-corrected chi connectivity index (χ0v) is 10.9. The van der Waals surface area contributed by atoms with Crippen molar-refractivity contribution in [3.8, 4) is 6.07 Å². The van der Waals surface area contributed by atoms with Crippen LogP contribution in [-0.2, 0) is 0 Å². The number of hydrogen-bond acceptors (Lipinski definition) is 3. The van der Waals surface area contributed by atoms with Gasteiger partial charge < -0.3 is 0 Å². The molecule has 0 aliphatic rings. The van der Waals surface area contributed by atoms with E-state index in [-0.39, 0.29) is 0 Å². The Kier molecular flexibility index (Phi) is 3.09. The zero-order chi connectivity index (χ0) is 13.1. The normalized spacial score (nSPS) is 11.4. The number of fused-ring (bicyclic) bond motifs is 1. The molecule has 0 saturated carbocycles. The lowest BCUT2D eigenvalue weighted by Crippen LogP contribution is -1.83. The molecule has 0 atom stereocenters. The van der Waals surface area contributed by atoms with Gasteiger partial charge in [0.25, 0.3) is 0 Å². The lowest BCUT2D eigenvalue weighted by molar-refractivity contribution is 1.41. The first-order valence-corrected chi connectivity index (χ1v) is 6.81. The number of hydrogen-bond donors (Lipinski definition) is 0. The van der Waals surface area contributed by atoms with Gasteiger partial charge in [0.1, 0.15) is 0 Å². The molecule has 0 saturated heterocycles. The Morgan fingerprint density at radius 1 is 1.21 bits per heavy atom. The lowest BCUT2D eigenvalue weighted by Gasteiger charge is -2.02. The van der Waals surface area contributed by atoms with Gasteiger partial charge in [0.05, 0.1) is 17.2 Å². The maximum atomic E-state index is 9.30. The summed E-state index contributed by atoms with van der Waals surface area (Å²) in [5, 5.41) is 14.3. The maximum absolute atomic E-state index is 9.30. The van der Waals surface area contributed by atoms with E-state index in [2.05, 4.69) is 11.1 Å². The van der Waals surface area contributed by atoms with E-state index in [4.69, 9.17) is 0 Å². The number of nitriles is 1. The molecule has 0 aliphatic heterocycles. The molecule has 0 amide bonds. The van der Waals surface area contributed by atoms with Crippen molar-refractivity contribution in [2.75, 3.05) is 0 Å². The standard InChI is InChI=1S/C16H10N2S/c17-10-14(13-6-8-19-11-13)9-12-5-7-18-16-4-2-1-3-15(12)16/h1-9,11H. The summed E-state index contributed by atoms with van der Waals surface area (Å²) in [5.74, 6) is 0. The molecule has 0 bridgehead atoms.